The lowest BCUT2D eigenvalue weighted by Crippen LogP contribution is -2.21. The van der Waals surface area contributed by atoms with Crippen molar-refractivity contribution >= 4 is 0 Å². The van der Waals surface area contributed by atoms with E-state index >= 15 is 0 Å². The van der Waals surface area contributed by atoms with Crippen molar-refractivity contribution in [3.05, 3.63) is 35.4 Å². The smallest absolute Gasteiger partial charge is 0.0317 e. The Hall–Kier alpha value is -1.26. The molecule has 0 aromatic heterocycles. The third-order valence-corrected chi connectivity index (χ3v) is 3.09. The summed E-state index contributed by atoms with van der Waals surface area (Å²) < 4.78 is 0. The lowest BCUT2D eigenvalue weighted by molar-refractivity contribution is 0.513. The molecule has 1 unspecified atom stereocenters. The van der Waals surface area contributed by atoms with Crippen LogP contribution in [0.15, 0.2) is 24.3 Å². The molecule has 1 aromatic carbocycles. The molecular weight excluding hydrogens is 206 g/mol. The Morgan fingerprint density at radius 1 is 1.24 bits per heavy atom. The van der Waals surface area contributed by atoms with Crippen LogP contribution in [0.1, 0.15) is 50.3 Å². The van der Waals surface area contributed by atoms with E-state index in [1.54, 1.807) is 0 Å². The van der Waals surface area contributed by atoms with Crippen LogP contribution in [-0.2, 0) is 6.42 Å². The fraction of sp³-hybridized carbons (Fsp3) is 0.500. The second-order valence-corrected chi connectivity index (χ2v) is 4.32. The highest BCUT2D eigenvalue weighted by Gasteiger charge is 2.07. The van der Waals surface area contributed by atoms with E-state index < -0.39 is 0 Å². The molecule has 0 amide bonds. The number of benzene rings is 1. The first-order valence-electron chi connectivity index (χ1n) is 6.57. The summed E-state index contributed by atoms with van der Waals surface area (Å²) in [6.07, 6.45) is 9.37. The van der Waals surface area contributed by atoms with Crippen molar-refractivity contribution in [3.8, 4) is 12.3 Å². The number of unbranched alkanes of at least 4 members (excludes halogenated alkanes) is 1. The van der Waals surface area contributed by atoms with Gasteiger partial charge in [0.05, 0.1) is 0 Å². The van der Waals surface area contributed by atoms with Gasteiger partial charge in [-0.05, 0) is 36.9 Å². The van der Waals surface area contributed by atoms with Gasteiger partial charge in [-0.2, -0.15) is 0 Å². The number of nitrogens with one attached hydrogen (secondary N) is 1. The van der Waals surface area contributed by atoms with Gasteiger partial charge in [0, 0.05) is 12.5 Å². The lowest BCUT2D eigenvalue weighted by atomic mass is 10.0. The minimum atomic E-state index is 0.457. The molecule has 0 fully saturated rings. The molecular formula is C16H23N. The highest BCUT2D eigenvalue weighted by molar-refractivity contribution is 5.24. The summed E-state index contributed by atoms with van der Waals surface area (Å²) in [6, 6.07) is 9.38. The summed E-state index contributed by atoms with van der Waals surface area (Å²) >= 11 is 0. The van der Waals surface area contributed by atoms with E-state index in [4.69, 9.17) is 6.42 Å². The van der Waals surface area contributed by atoms with Gasteiger partial charge in [-0.1, -0.05) is 38.1 Å². The molecule has 1 atom stereocenters. The molecule has 0 heterocycles. The molecule has 0 aliphatic heterocycles. The predicted molar refractivity (Wildman–Crippen MR) is 74.9 cm³/mol. The van der Waals surface area contributed by atoms with E-state index in [1.165, 1.54) is 11.1 Å². The van der Waals surface area contributed by atoms with Crippen LogP contribution in [0.2, 0.25) is 0 Å². The topological polar surface area (TPSA) is 12.0 Å². The van der Waals surface area contributed by atoms with Crippen molar-refractivity contribution in [2.24, 2.45) is 0 Å². The first-order valence-corrected chi connectivity index (χ1v) is 6.57. The molecule has 1 N–H and O–H groups in total. The first-order chi connectivity index (χ1) is 8.31. The molecule has 0 aliphatic rings. The first kappa shape index (κ1) is 13.8. The van der Waals surface area contributed by atoms with Crippen molar-refractivity contribution in [3.63, 3.8) is 0 Å². The van der Waals surface area contributed by atoms with Crippen LogP contribution in [0.25, 0.3) is 0 Å². The average molecular weight is 229 g/mol. The minimum Gasteiger partial charge on any atom is -0.310 e. The average Bonchev–Trinajstić information content (AvgIpc) is 2.39. The molecule has 0 aliphatic carbocycles. The Labute approximate surface area is 106 Å². The Morgan fingerprint density at radius 2 is 1.94 bits per heavy atom. The molecule has 17 heavy (non-hydrogen) atoms. The van der Waals surface area contributed by atoms with Crippen molar-refractivity contribution in [2.45, 2.75) is 45.6 Å². The Kier molecular flexibility index (Phi) is 6.43. The molecule has 0 saturated carbocycles. The summed E-state index contributed by atoms with van der Waals surface area (Å²) in [4.78, 5) is 0. The van der Waals surface area contributed by atoms with Gasteiger partial charge >= 0.3 is 0 Å². The summed E-state index contributed by atoms with van der Waals surface area (Å²) in [6.45, 7) is 5.40. The molecule has 0 bridgehead atoms. The SMILES string of the molecule is C#CCCCNC(CC)c1ccc(CC)cc1. The van der Waals surface area contributed by atoms with Crippen LogP contribution in [0.3, 0.4) is 0 Å². The van der Waals surface area contributed by atoms with Gasteiger partial charge in [-0.25, -0.2) is 0 Å². The lowest BCUT2D eigenvalue weighted by Gasteiger charge is -2.17. The molecule has 0 radical (unpaired) electrons. The second-order valence-electron chi connectivity index (χ2n) is 4.32. The van der Waals surface area contributed by atoms with E-state index in [2.05, 4.69) is 49.4 Å². The van der Waals surface area contributed by atoms with Crippen LogP contribution in [0.4, 0.5) is 0 Å². The van der Waals surface area contributed by atoms with Gasteiger partial charge in [-0.3, -0.25) is 0 Å². The van der Waals surface area contributed by atoms with E-state index in [9.17, 15) is 0 Å². The van der Waals surface area contributed by atoms with Crippen LogP contribution in [-0.4, -0.2) is 6.54 Å². The van der Waals surface area contributed by atoms with Crippen molar-refractivity contribution < 1.29 is 0 Å². The molecule has 1 aromatic rings. The van der Waals surface area contributed by atoms with Gasteiger partial charge in [0.15, 0.2) is 0 Å². The van der Waals surface area contributed by atoms with Gasteiger partial charge < -0.3 is 5.32 Å². The molecule has 1 heteroatoms. The summed E-state index contributed by atoms with van der Waals surface area (Å²) in [7, 11) is 0. The highest BCUT2D eigenvalue weighted by atomic mass is 14.9. The normalized spacial score (nSPS) is 12.1. The zero-order valence-corrected chi connectivity index (χ0v) is 11.0. The fourth-order valence-electron chi connectivity index (χ4n) is 1.95. The quantitative estimate of drug-likeness (QED) is 0.555. The van der Waals surface area contributed by atoms with Crippen molar-refractivity contribution in [1.29, 1.82) is 0 Å². The standard InChI is InChI=1S/C16H23N/c1-4-7-8-13-17-16(6-3)15-11-9-14(5-2)10-12-15/h1,9-12,16-17H,5-8,13H2,2-3H3. The summed E-state index contributed by atoms with van der Waals surface area (Å²) in [5.41, 5.74) is 2.78. The largest absolute Gasteiger partial charge is 0.310 e. The zero-order chi connectivity index (χ0) is 12.5. The molecule has 1 rings (SSSR count). The van der Waals surface area contributed by atoms with Crippen molar-refractivity contribution in [1.82, 2.24) is 5.32 Å². The third kappa shape index (κ3) is 4.63. The minimum absolute atomic E-state index is 0.457. The molecule has 92 valence electrons. The van der Waals surface area contributed by atoms with Crippen LogP contribution >= 0.6 is 0 Å². The number of rotatable bonds is 7. The third-order valence-electron chi connectivity index (χ3n) is 3.09. The van der Waals surface area contributed by atoms with E-state index in [0.717, 1.165) is 32.2 Å². The highest BCUT2D eigenvalue weighted by Crippen LogP contribution is 2.17. The van der Waals surface area contributed by atoms with Crippen LogP contribution in [0.5, 0.6) is 0 Å². The Bertz CT molecular complexity index is 345. The second kappa shape index (κ2) is 7.92. The van der Waals surface area contributed by atoms with Gasteiger partial charge in [0.1, 0.15) is 0 Å². The van der Waals surface area contributed by atoms with E-state index in [-0.39, 0.29) is 0 Å². The molecule has 0 spiro atoms. The number of aryl methyl sites for hydroxylation is 1. The zero-order valence-electron chi connectivity index (χ0n) is 11.0. The number of terminal acetylenes is 1. The maximum atomic E-state index is 5.24. The maximum Gasteiger partial charge on any atom is 0.0317 e. The number of hydrogen-bond acceptors (Lipinski definition) is 1. The molecule has 1 nitrogen and oxygen atoms in total. The predicted octanol–water partition coefficient (Wildman–Crippen LogP) is 3.70. The van der Waals surface area contributed by atoms with Crippen LogP contribution in [0, 0.1) is 12.3 Å². The monoisotopic (exact) mass is 229 g/mol. The Morgan fingerprint density at radius 3 is 2.47 bits per heavy atom. The van der Waals surface area contributed by atoms with Gasteiger partial charge in [0.25, 0.3) is 0 Å². The Balaban J connectivity index is 2.51. The molecule has 0 saturated heterocycles. The summed E-state index contributed by atoms with van der Waals surface area (Å²) in [5.74, 6) is 2.67. The maximum absolute atomic E-state index is 5.24. The van der Waals surface area contributed by atoms with Crippen molar-refractivity contribution in [2.75, 3.05) is 6.54 Å². The number of hydrogen-bond donors (Lipinski definition) is 1. The van der Waals surface area contributed by atoms with E-state index in [0.29, 0.717) is 6.04 Å². The van der Waals surface area contributed by atoms with Gasteiger partial charge in [-0.15, -0.1) is 12.3 Å². The summed E-state index contributed by atoms with van der Waals surface area (Å²) in [5, 5.41) is 3.56. The fourth-order valence-corrected chi connectivity index (χ4v) is 1.95. The van der Waals surface area contributed by atoms with Gasteiger partial charge in [0.2, 0.25) is 0 Å². The van der Waals surface area contributed by atoms with E-state index in [1.807, 2.05) is 0 Å². The van der Waals surface area contributed by atoms with Crippen LogP contribution < -0.4 is 5.32 Å².